The molecule has 8 nitrogen and oxygen atoms in total. The Morgan fingerprint density at radius 2 is 1.85 bits per heavy atom. The molecule has 1 aliphatic rings. The Kier molecular flexibility index (Phi) is 5.55. The molecule has 0 saturated heterocycles. The fraction of sp³-hybridized carbons (Fsp3) is 0.211. The number of nitrogens with one attached hydrogen (secondary N) is 2. The molecule has 2 aromatic rings. The number of hydrogen-bond acceptors (Lipinski definition) is 6. The summed E-state index contributed by atoms with van der Waals surface area (Å²) < 4.78 is 15.9. The van der Waals surface area contributed by atoms with E-state index in [2.05, 4.69) is 10.9 Å². The van der Waals surface area contributed by atoms with Gasteiger partial charge in [0, 0.05) is 0 Å². The van der Waals surface area contributed by atoms with Crippen LogP contribution in [0.2, 0.25) is 0 Å². The SMILES string of the molecule is Cc1cccc(C(=O)OCC(=O)NNC(=O)[C@H]2COc3ccccc3O2)c1. The van der Waals surface area contributed by atoms with Crippen molar-refractivity contribution in [2.24, 2.45) is 0 Å². The first-order valence-corrected chi connectivity index (χ1v) is 8.24. The lowest BCUT2D eigenvalue weighted by molar-refractivity contribution is -0.135. The Balaban J connectivity index is 1.43. The highest BCUT2D eigenvalue weighted by atomic mass is 16.6. The molecule has 1 heterocycles. The first kappa shape index (κ1) is 18.2. The molecule has 1 aliphatic heterocycles. The fourth-order valence-corrected chi connectivity index (χ4v) is 2.38. The van der Waals surface area contributed by atoms with Crippen LogP contribution in [0.5, 0.6) is 11.5 Å². The third-order valence-corrected chi connectivity index (χ3v) is 3.71. The van der Waals surface area contributed by atoms with Crippen LogP contribution in [-0.2, 0) is 14.3 Å². The summed E-state index contributed by atoms with van der Waals surface area (Å²) in [6.07, 6.45) is -0.907. The van der Waals surface area contributed by atoms with Gasteiger partial charge in [0.2, 0.25) is 6.10 Å². The molecular weight excluding hydrogens is 352 g/mol. The van der Waals surface area contributed by atoms with Gasteiger partial charge < -0.3 is 14.2 Å². The van der Waals surface area contributed by atoms with Gasteiger partial charge in [-0.2, -0.15) is 0 Å². The second kappa shape index (κ2) is 8.22. The van der Waals surface area contributed by atoms with Crippen LogP contribution in [0.25, 0.3) is 0 Å². The van der Waals surface area contributed by atoms with Crippen LogP contribution in [0.15, 0.2) is 48.5 Å². The van der Waals surface area contributed by atoms with Gasteiger partial charge in [0.1, 0.15) is 6.61 Å². The number of rotatable bonds is 4. The van der Waals surface area contributed by atoms with Crippen molar-refractivity contribution >= 4 is 17.8 Å². The van der Waals surface area contributed by atoms with Crippen molar-refractivity contribution in [1.29, 1.82) is 0 Å². The molecule has 0 spiro atoms. The number of para-hydroxylation sites is 2. The average Bonchev–Trinajstić information content (AvgIpc) is 2.69. The van der Waals surface area contributed by atoms with Gasteiger partial charge in [0.25, 0.3) is 11.8 Å². The van der Waals surface area contributed by atoms with Gasteiger partial charge in [-0.25, -0.2) is 4.79 Å². The monoisotopic (exact) mass is 370 g/mol. The number of carbonyl (C=O) groups is 3. The molecule has 2 amide bonds. The standard InChI is InChI=1S/C19H18N2O6/c1-12-5-4-6-13(9-12)19(24)26-11-17(22)20-21-18(23)16-10-25-14-7-2-3-8-15(14)27-16/h2-9,16H,10-11H2,1H3,(H,20,22)(H,21,23)/t16-/m1/s1. The van der Waals surface area contributed by atoms with Crippen molar-refractivity contribution in [3.63, 3.8) is 0 Å². The lowest BCUT2D eigenvalue weighted by atomic mass is 10.1. The zero-order valence-electron chi connectivity index (χ0n) is 14.6. The Morgan fingerprint density at radius 3 is 2.63 bits per heavy atom. The van der Waals surface area contributed by atoms with E-state index >= 15 is 0 Å². The van der Waals surface area contributed by atoms with Crippen molar-refractivity contribution in [3.05, 3.63) is 59.7 Å². The van der Waals surface area contributed by atoms with E-state index in [4.69, 9.17) is 14.2 Å². The number of benzene rings is 2. The first-order chi connectivity index (χ1) is 13.0. The van der Waals surface area contributed by atoms with Gasteiger partial charge in [0.05, 0.1) is 5.56 Å². The number of ether oxygens (including phenoxy) is 3. The van der Waals surface area contributed by atoms with Crippen molar-refractivity contribution in [3.8, 4) is 11.5 Å². The molecule has 2 N–H and O–H groups in total. The van der Waals surface area contributed by atoms with E-state index in [0.717, 1.165) is 5.56 Å². The topological polar surface area (TPSA) is 103 Å². The minimum Gasteiger partial charge on any atom is -0.485 e. The van der Waals surface area contributed by atoms with Gasteiger partial charge in [-0.1, -0.05) is 29.8 Å². The summed E-state index contributed by atoms with van der Waals surface area (Å²) in [5.74, 6) is -0.888. The predicted molar refractivity (Wildman–Crippen MR) is 94.1 cm³/mol. The smallest absolute Gasteiger partial charge is 0.338 e. The second-order valence-electron chi connectivity index (χ2n) is 5.85. The normalized spacial score (nSPS) is 14.8. The first-order valence-electron chi connectivity index (χ1n) is 8.24. The Bertz CT molecular complexity index is 867. The molecule has 0 saturated carbocycles. The van der Waals surface area contributed by atoms with Crippen molar-refractivity contribution < 1.29 is 28.6 Å². The van der Waals surface area contributed by atoms with Gasteiger partial charge in [-0.05, 0) is 31.2 Å². The summed E-state index contributed by atoms with van der Waals surface area (Å²) in [7, 11) is 0. The van der Waals surface area contributed by atoms with Gasteiger partial charge in [0.15, 0.2) is 18.1 Å². The third kappa shape index (κ3) is 4.75. The van der Waals surface area contributed by atoms with E-state index in [0.29, 0.717) is 17.1 Å². The van der Waals surface area contributed by atoms with Crippen LogP contribution in [0, 0.1) is 6.92 Å². The number of carbonyl (C=O) groups excluding carboxylic acids is 3. The fourth-order valence-electron chi connectivity index (χ4n) is 2.38. The third-order valence-electron chi connectivity index (χ3n) is 3.71. The molecule has 2 aromatic carbocycles. The second-order valence-corrected chi connectivity index (χ2v) is 5.85. The zero-order chi connectivity index (χ0) is 19.2. The maximum absolute atomic E-state index is 12.1. The average molecular weight is 370 g/mol. The van der Waals surface area contributed by atoms with Crippen molar-refractivity contribution in [1.82, 2.24) is 10.9 Å². The largest absolute Gasteiger partial charge is 0.485 e. The Morgan fingerprint density at radius 1 is 1.07 bits per heavy atom. The minimum absolute atomic E-state index is 0.0149. The number of fused-ring (bicyclic) bond motifs is 1. The number of hydrogen-bond donors (Lipinski definition) is 2. The Hall–Kier alpha value is -3.55. The summed E-state index contributed by atoms with van der Waals surface area (Å²) in [5.41, 5.74) is 5.64. The summed E-state index contributed by atoms with van der Waals surface area (Å²) >= 11 is 0. The lowest BCUT2D eigenvalue weighted by Crippen LogP contribution is -2.51. The molecule has 3 rings (SSSR count). The van der Waals surface area contributed by atoms with Gasteiger partial charge in [-0.15, -0.1) is 0 Å². The molecule has 1 atom stereocenters. The molecule has 0 fully saturated rings. The van der Waals surface area contributed by atoms with Crippen LogP contribution in [0.3, 0.4) is 0 Å². The molecular formula is C19H18N2O6. The quantitative estimate of drug-likeness (QED) is 0.618. The molecule has 140 valence electrons. The number of amides is 2. The molecule has 0 radical (unpaired) electrons. The highest BCUT2D eigenvalue weighted by Gasteiger charge is 2.27. The zero-order valence-corrected chi connectivity index (χ0v) is 14.6. The molecule has 0 bridgehead atoms. The highest BCUT2D eigenvalue weighted by molar-refractivity contribution is 5.92. The van der Waals surface area contributed by atoms with E-state index < -0.39 is 30.5 Å². The van der Waals surface area contributed by atoms with Crippen LogP contribution in [-0.4, -0.2) is 37.1 Å². The van der Waals surface area contributed by atoms with E-state index in [1.165, 1.54) is 0 Å². The number of hydrazine groups is 1. The number of aryl methyl sites for hydroxylation is 1. The summed E-state index contributed by atoms with van der Waals surface area (Å²) in [5, 5.41) is 0. The van der Waals surface area contributed by atoms with Crippen molar-refractivity contribution in [2.75, 3.05) is 13.2 Å². The van der Waals surface area contributed by atoms with Crippen LogP contribution < -0.4 is 20.3 Å². The van der Waals surface area contributed by atoms with Crippen LogP contribution >= 0.6 is 0 Å². The molecule has 0 aliphatic carbocycles. The molecule has 27 heavy (non-hydrogen) atoms. The van der Waals surface area contributed by atoms with E-state index in [-0.39, 0.29) is 6.61 Å². The lowest BCUT2D eigenvalue weighted by Gasteiger charge is -2.25. The maximum atomic E-state index is 12.1. The van der Waals surface area contributed by atoms with E-state index in [9.17, 15) is 14.4 Å². The Labute approximate surface area is 155 Å². The summed E-state index contributed by atoms with van der Waals surface area (Å²) in [6, 6.07) is 13.8. The summed E-state index contributed by atoms with van der Waals surface area (Å²) in [6.45, 7) is 1.33. The molecule has 8 heteroatoms. The van der Waals surface area contributed by atoms with Gasteiger partial charge >= 0.3 is 5.97 Å². The highest BCUT2D eigenvalue weighted by Crippen LogP contribution is 2.30. The van der Waals surface area contributed by atoms with Gasteiger partial charge in [-0.3, -0.25) is 20.4 Å². The van der Waals surface area contributed by atoms with E-state index in [1.807, 2.05) is 13.0 Å². The molecule has 0 unspecified atom stereocenters. The summed E-state index contributed by atoms with van der Waals surface area (Å²) in [4.78, 5) is 35.7. The maximum Gasteiger partial charge on any atom is 0.338 e. The van der Waals surface area contributed by atoms with Crippen molar-refractivity contribution in [2.45, 2.75) is 13.0 Å². The minimum atomic E-state index is -0.907. The predicted octanol–water partition coefficient (Wildman–Crippen LogP) is 1.14. The number of esters is 1. The molecule has 0 aromatic heterocycles. The van der Waals surface area contributed by atoms with E-state index in [1.54, 1.807) is 42.5 Å². The van der Waals surface area contributed by atoms with Crippen LogP contribution in [0.4, 0.5) is 0 Å². The van der Waals surface area contributed by atoms with Crippen LogP contribution in [0.1, 0.15) is 15.9 Å².